The predicted octanol–water partition coefficient (Wildman–Crippen LogP) is 4.46. The number of hydrogen-bond donors (Lipinski definition) is 1. The number of carboxylic acid groups (broad SMARTS) is 1. The quantitative estimate of drug-likeness (QED) is 0.551. The van der Waals surface area contributed by atoms with Crippen molar-refractivity contribution < 1.29 is 27.9 Å². The molecule has 2 aromatic heterocycles. The second-order valence-electron chi connectivity index (χ2n) is 8.92. The number of amides is 1. The van der Waals surface area contributed by atoms with Gasteiger partial charge in [0.2, 0.25) is 0 Å². The van der Waals surface area contributed by atoms with Gasteiger partial charge in [-0.1, -0.05) is 36.4 Å². The van der Waals surface area contributed by atoms with Gasteiger partial charge in [0.1, 0.15) is 0 Å². The molecule has 0 aliphatic carbocycles. The molecule has 1 amide bonds. The third kappa shape index (κ3) is 5.57. The fourth-order valence-corrected chi connectivity index (χ4v) is 5.38. The summed E-state index contributed by atoms with van der Waals surface area (Å²) in [5, 5.41) is 9.26. The van der Waals surface area contributed by atoms with Gasteiger partial charge in [-0.05, 0) is 37.4 Å². The van der Waals surface area contributed by atoms with E-state index in [4.69, 9.17) is 14.9 Å². The highest BCUT2D eigenvalue weighted by atomic mass is 32.1. The maximum Gasteiger partial charge on any atom is 0.490 e. The molecule has 0 radical (unpaired) electrons. The number of likely N-dealkylation sites (N-methyl/N-ethyl adjacent to an activating group) is 1. The van der Waals surface area contributed by atoms with Crippen LogP contribution < -0.4 is 0 Å². The van der Waals surface area contributed by atoms with Crippen LogP contribution in [0, 0.1) is 0 Å². The topological polar surface area (TPSA) is 86.6 Å². The maximum atomic E-state index is 12.8. The number of carboxylic acids is 1. The number of rotatable bonds is 3. The summed E-state index contributed by atoms with van der Waals surface area (Å²) in [5.41, 5.74) is 2.53. The molecule has 1 fully saturated rings. The Morgan fingerprint density at radius 3 is 2.39 bits per heavy atom. The Hall–Kier alpha value is -3.31. The van der Waals surface area contributed by atoms with Gasteiger partial charge in [-0.25, -0.2) is 14.8 Å². The van der Waals surface area contributed by atoms with Crippen molar-refractivity contribution in [3.05, 3.63) is 70.2 Å². The van der Waals surface area contributed by atoms with Crippen LogP contribution in [-0.2, 0) is 16.8 Å². The largest absolute Gasteiger partial charge is 0.490 e. The Kier molecular flexibility index (Phi) is 7.41. The molecule has 190 valence electrons. The van der Waals surface area contributed by atoms with Gasteiger partial charge in [0.25, 0.3) is 5.91 Å². The van der Waals surface area contributed by atoms with Crippen molar-refractivity contribution in [1.82, 2.24) is 19.8 Å². The number of carbonyl (C=O) groups is 2. The molecule has 0 unspecified atom stereocenters. The van der Waals surface area contributed by atoms with Crippen LogP contribution in [0.4, 0.5) is 13.2 Å². The summed E-state index contributed by atoms with van der Waals surface area (Å²) in [6.07, 6.45) is -1.33. The number of benzene rings is 1. The number of carbonyl (C=O) groups excluding carboxylic acids is 1. The van der Waals surface area contributed by atoms with E-state index in [0.29, 0.717) is 11.4 Å². The average Bonchev–Trinajstić information content (AvgIpc) is 3.37. The standard InChI is InChI=1S/C23H24N4OS.C2HF3O2/c1-26-16-23(9-11-27(12-10-23)15-18-8-5-13-29-18)20-19(22(26)28)14-24-21(25-20)17-6-3-2-4-7-17;3-2(4,5)1(6)7/h2-8,13-14H,9-12,15-16H2,1H3;(H,6,7). The first kappa shape index (κ1) is 25.8. The highest BCUT2D eigenvalue weighted by Gasteiger charge is 2.45. The maximum absolute atomic E-state index is 12.8. The van der Waals surface area contributed by atoms with Gasteiger partial charge in [-0.15, -0.1) is 11.3 Å². The zero-order valence-electron chi connectivity index (χ0n) is 19.5. The predicted molar refractivity (Wildman–Crippen MR) is 129 cm³/mol. The normalized spacial score (nSPS) is 17.3. The molecule has 1 saturated heterocycles. The van der Waals surface area contributed by atoms with E-state index in [1.54, 1.807) is 6.20 Å². The van der Waals surface area contributed by atoms with Gasteiger partial charge >= 0.3 is 12.1 Å². The van der Waals surface area contributed by atoms with Crippen LogP contribution in [0.3, 0.4) is 0 Å². The van der Waals surface area contributed by atoms with Crippen LogP contribution in [0.5, 0.6) is 0 Å². The Morgan fingerprint density at radius 2 is 1.81 bits per heavy atom. The highest BCUT2D eigenvalue weighted by molar-refractivity contribution is 7.09. The Labute approximate surface area is 210 Å². The summed E-state index contributed by atoms with van der Waals surface area (Å²) >= 11 is 1.82. The van der Waals surface area contributed by atoms with Crippen molar-refractivity contribution >= 4 is 23.2 Å². The minimum atomic E-state index is -5.08. The zero-order chi connectivity index (χ0) is 25.9. The van der Waals surface area contributed by atoms with Crippen molar-refractivity contribution in [2.75, 3.05) is 26.7 Å². The molecule has 0 bridgehead atoms. The molecule has 0 saturated carbocycles. The fraction of sp³-hybridized carbons (Fsp3) is 0.360. The number of likely N-dealkylation sites (tertiary alicyclic amines) is 1. The summed E-state index contributed by atoms with van der Waals surface area (Å²) in [6, 6.07) is 14.3. The number of nitrogens with zero attached hydrogens (tertiary/aromatic N) is 4. The van der Waals surface area contributed by atoms with E-state index in [1.807, 2.05) is 53.6 Å². The molecule has 3 aromatic rings. The molecule has 11 heteroatoms. The van der Waals surface area contributed by atoms with Crippen molar-refractivity contribution in [2.45, 2.75) is 31.0 Å². The van der Waals surface area contributed by atoms with Gasteiger partial charge in [0.05, 0.1) is 11.3 Å². The smallest absolute Gasteiger partial charge is 0.475 e. The summed E-state index contributed by atoms with van der Waals surface area (Å²) in [4.78, 5) is 37.0. The monoisotopic (exact) mass is 518 g/mol. The lowest BCUT2D eigenvalue weighted by Crippen LogP contribution is -2.53. The number of aromatic nitrogens is 2. The van der Waals surface area contributed by atoms with E-state index in [-0.39, 0.29) is 11.3 Å². The number of piperidine rings is 1. The van der Waals surface area contributed by atoms with E-state index in [9.17, 15) is 18.0 Å². The van der Waals surface area contributed by atoms with Crippen LogP contribution in [0.15, 0.2) is 54.0 Å². The minimum Gasteiger partial charge on any atom is -0.475 e. The minimum absolute atomic E-state index is 0.0336. The van der Waals surface area contributed by atoms with Crippen LogP contribution in [-0.4, -0.2) is 69.6 Å². The SMILES string of the molecule is CN1CC2(CCN(Cc3cccs3)CC2)c2nc(-c3ccccc3)ncc2C1=O.O=C(O)C(F)(F)F. The van der Waals surface area contributed by atoms with Crippen molar-refractivity contribution in [3.63, 3.8) is 0 Å². The zero-order valence-corrected chi connectivity index (χ0v) is 20.3. The summed E-state index contributed by atoms with van der Waals surface area (Å²) < 4.78 is 31.7. The molecule has 1 spiro atoms. The Balaban J connectivity index is 0.000000384. The molecule has 36 heavy (non-hydrogen) atoms. The molecule has 1 N–H and O–H groups in total. The second kappa shape index (κ2) is 10.4. The van der Waals surface area contributed by atoms with Gasteiger partial charge < -0.3 is 10.0 Å². The van der Waals surface area contributed by atoms with E-state index < -0.39 is 12.1 Å². The Morgan fingerprint density at radius 1 is 1.14 bits per heavy atom. The molecule has 0 atom stereocenters. The van der Waals surface area contributed by atoms with Gasteiger partial charge in [-0.2, -0.15) is 13.2 Å². The molecule has 7 nitrogen and oxygen atoms in total. The second-order valence-corrected chi connectivity index (χ2v) is 9.95. The number of fused-ring (bicyclic) bond motifs is 2. The number of hydrogen-bond acceptors (Lipinski definition) is 6. The summed E-state index contributed by atoms with van der Waals surface area (Å²) in [5.74, 6) is -2.01. The molecule has 1 aromatic carbocycles. The number of thiophene rings is 1. The molecule has 5 rings (SSSR count). The first-order chi connectivity index (χ1) is 17.1. The van der Waals surface area contributed by atoms with E-state index in [2.05, 4.69) is 27.4 Å². The first-order valence-electron chi connectivity index (χ1n) is 11.3. The van der Waals surface area contributed by atoms with Crippen LogP contribution >= 0.6 is 11.3 Å². The van der Waals surface area contributed by atoms with Crippen LogP contribution in [0.2, 0.25) is 0 Å². The molecular formula is C25H25F3N4O3S. The highest BCUT2D eigenvalue weighted by Crippen LogP contribution is 2.41. The fourth-order valence-electron chi connectivity index (χ4n) is 4.63. The lowest BCUT2D eigenvalue weighted by atomic mass is 9.71. The van der Waals surface area contributed by atoms with Gasteiger partial charge in [0, 0.05) is 42.2 Å². The third-order valence-corrected chi connectivity index (χ3v) is 7.32. The molecule has 2 aliphatic rings. The number of aliphatic carboxylic acids is 1. The van der Waals surface area contributed by atoms with Crippen LogP contribution in [0.25, 0.3) is 11.4 Å². The lowest BCUT2D eigenvalue weighted by Gasteiger charge is -2.46. The summed E-state index contributed by atoms with van der Waals surface area (Å²) in [7, 11) is 1.90. The van der Waals surface area contributed by atoms with Gasteiger partial charge in [-0.3, -0.25) is 9.69 Å². The van der Waals surface area contributed by atoms with Crippen molar-refractivity contribution in [3.8, 4) is 11.4 Å². The van der Waals surface area contributed by atoms with Crippen molar-refractivity contribution in [1.29, 1.82) is 0 Å². The number of halogens is 3. The van der Waals surface area contributed by atoms with E-state index in [1.165, 1.54) is 4.88 Å². The van der Waals surface area contributed by atoms with E-state index in [0.717, 1.165) is 50.3 Å². The van der Waals surface area contributed by atoms with E-state index >= 15 is 0 Å². The van der Waals surface area contributed by atoms with Gasteiger partial charge in [0.15, 0.2) is 5.82 Å². The summed E-state index contributed by atoms with van der Waals surface area (Å²) in [6.45, 7) is 3.78. The molecule has 2 aliphatic heterocycles. The molecule has 4 heterocycles. The van der Waals surface area contributed by atoms with Crippen LogP contribution in [0.1, 0.15) is 33.8 Å². The van der Waals surface area contributed by atoms with Crippen molar-refractivity contribution in [2.24, 2.45) is 0 Å². The first-order valence-corrected chi connectivity index (χ1v) is 12.2. The molecular weight excluding hydrogens is 493 g/mol. The average molecular weight is 519 g/mol. The number of alkyl halides is 3. The lowest BCUT2D eigenvalue weighted by molar-refractivity contribution is -0.192. The third-order valence-electron chi connectivity index (χ3n) is 6.46. The Bertz CT molecular complexity index is 1210.